The second kappa shape index (κ2) is 4.69. The maximum Gasteiger partial charge on any atom is 0.0865 e. The molecule has 5 heteroatoms. The van der Waals surface area contributed by atoms with E-state index in [0.29, 0.717) is 5.92 Å². The Morgan fingerprint density at radius 3 is 2.84 bits per heavy atom. The Kier molecular flexibility index (Phi) is 3.15. The monoisotopic (exact) mass is 278 g/mol. The summed E-state index contributed by atoms with van der Waals surface area (Å²) >= 11 is 6.27. The van der Waals surface area contributed by atoms with Crippen LogP contribution in [0.2, 0.25) is 5.02 Å². The van der Waals surface area contributed by atoms with Crippen molar-refractivity contribution in [2.24, 2.45) is 18.7 Å². The number of aryl methyl sites for hydroxylation is 2. The quantitative estimate of drug-likeness (QED) is 0.935. The minimum atomic E-state index is 0.185. The van der Waals surface area contributed by atoms with E-state index in [0.717, 1.165) is 23.0 Å². The topological polar surface area (TPSA) is 48.8 Å². The van der Waals surface area contributed by atoms with Crippen molar-refractivity contribution < 1.29 is 0 Å². The molecule has 19 heavy (non-hydrogen) atoms. The van der Waals surface area contributed by atoms with Gasteiger partial charge in [-0.2, -0.15) is 5.10 Å². The first-order valence-corrected chi connectivity index (χ1v) is 7.03. The molecule has 2 aromatic rings. The van der Waals surface area contributed by atoms with E-state index in [2.05, 4.69) is 28.1 Å². The van der Waals surface area contributed by atoms with E-state index in [-0.39, 0.29) is 6.04 Å². The molecule has 1 atom stereocenters. The Morgan fingerprint density at radius 2 is 2.26 bits per heavy atom. The van der Waals surface area contributed by atoms with Crippen molar-refractivity contribution in [3.05, 3.63) is 40.4 Å². The van der Waals surface area contributed by atoms with Crippen LogP contribution in [-0.2, 0) is 13.6 Å². The normalized spacial score (nSPS) is 16.8. The lowest BCUT2D eigenvalue weighted by molar-refractivity contribution is 0.626. The van der Waals surface area contributed by atoms with Gasteiger partial charge in [-0.05, 0) is 37.3 Å². The van der Waals surface area contributed by atoms with E-state index in [4.69, 9.17) is 17.3 Å². The summed E-state index contributed by atoms with van der Waals surface area (Å²) in [4.78, 5) is 0. The molecule has 1 aliphatic carbocycles. The van der Waals surface area contributed by atoms with Gasteiger partial charge >= 0.3 is 0 Å². The van der Waals surface area contributed by atoms with Crippen LogP contribution in [0.25, 0.3) is 0 Å². The molecule has 102 valence electrons. The number of hydrogen-bond acceptors (Lipinski definition) is 2. The fourth-order valence-electron chi connectivity index (χ4n) is 2.51. The largest absolute Gasteiger partial charge is 0.348 e. The number of rotatable bonds is 4. The Morgan fingerprint density at radius 1 is 1.53 bits per heavy atom. The van der Waals surface area contributed by atoms with E-state index in [1.165, 1.54) is 18.4 Å². The second-order valence-corrected chi connectivity index (χ2v) is 5.83. The first-order valence-electron chi connectivity index (χ1n) is 6.65. The maximum atomic E-state index is 6.27. The van der Waals surface area contributed by atoms with Crippen LogP contribution >= 0.6 is 11.6 Å². The Labute approximate surface area is 118 Å². The van der Waals surface area contributed by atoms with Crippen molar-refractivity contribution in [3.63, 3.8) is 0 Å². The first-order chi connectivity index (χ1) is 9.06. The summed E-state index contributed by atoms with van der Waals surface area (Å²) in [5.74, 6) is 0.679. The first kappa shape index (κ1) is 12.8. The molecule has 0 radical (unpaired) electrons. The molecule has 3 rings (SSSR count). The molecule has 4 nitrogen and oxygen atoms in total. The molecule has 1 aliphatic rings. The van der Waals surface area contributed by atoms with Gasteiger partial charge in [0.2, 0.25) is 0 Å². The van der Waals surface area contributed by atoms with Gasteiger partial charge in [0.15, 0.2) is 0 Å². The van der Waals surface area contributed by atoms with Crippen molar-refractivity contribution in [1.82, 2.24) is 14.3 Å². The van der Waals surface area contributed by atoms with E-state index in [1.807, 2.05) is 18.7 Å². The highest BCUT2D eigenvalue weighted by molar-refractivity contribution is 6.31. The number of halogens is 1. The van der Waals surface area contributed by atoms with Gasteiger partial charge in [-0.3, -0.25) is 4.68 Å². The van der Waals surface area contributed by atoms with Crippen LogP contribution in [0.4, 0.5) is 0 Å². The smallest absolute Gasteiger partial charge is 0.0865 e. The maximum absolute atomic E-state index is 6.27. The Hall–Kier alpha value is -1.26. The summed E-state index contributed by atoms with van der Waals surface area (Å²) in [5, 5.41) is 5.09. The second-order valence-electron chi connectivity index (χ2n) is 5.45. The molecule has 2 heterocycles. The van der Waals surface area contributed by atoms with Crippen molar-refractivity contribution in [2.45, 2.75) is 32.4 Å². The van der Waals surface area contributed by atoms with Gasteiger partial charge in [0.1, 0.15) is 0 Å². The molecule has 0 aliphatic heterocycles. The van der Waals surface area contributed by atoms with Crippen molar-refractivity contribution in [2.75, 3.05) is 0 Å². The predicted octanol–water partition coefficient (Wildman–Crippen LogP) is 2.64. The lowest BCUT2D eigenvalue weighted by Crippen LogP contribution is -2.11. The van der Waals surface area contributed by atoms with Crippen molar-refractivity contribution in [1.29, 1.82) is 0 Å². The number of nitrogens with two attached hydrogens (primary N) is 1. The van der Waals surface area contributed by atoms with Gasteiger partial charge in [-0.15, -0.1) is 0 Å². The lowest BCUT2D eigenvalue weighted by Gasteiger charge is -2.08. The van der Waals surface area contributed by atoms with Crippen molar-refractivity contribution >= 4 is 11.6 Å². The fourth-order valence-corrected chi connectivity index (χ4v) is 2.73. The molecule has 1 unspecified atom stereocenters. The zero-order valence-electron chi connectivity index (χ0n) is 11.3. The van der Waals surface area contributed by atoms with Gasteiger partial charge in [0, 0.05) is 25.5 Å². The highest BCUT2D eigenvalue weighted by Gasteiger charge is 2.29. The lowest BCUT2D eigenvalue weighted by atomic mass is 10.1. The third kappa shape index (κ3) is 2.42. The van der Waals surface area contributed by atoms with Gasteiger partial charge in [-0.25, -0.2) is 0 Å². The van der Waals surface area contributed by atoms with Crippen LogP contribution in [0.3, 0.4) is 0 Å². The Balaban J connectivity index is 1.79. The summed E-state index contributed by atoms with van der Waals surface area (Å²) in [5.41, 5.74) is 9.34. The molecule has 0 aromatic carbocycles. The number of nitrogens with zero attached hydrogens (tertiary/aromatic N) is 3. The van der Waals surface area contributed by atoms with Crippen LogP contribution in [0.15, 0.2) is 18.5 Å². The summed E-state index contributed by atoms with van der Waals surface area (Å²) in [6, 6.07) is 2.30. The average molecular weight is 279 g/mol. The highest BCUT2D eigenvalue weighted by Crippen LogP contribution is 2.39. The van der Waals surface area contributed by atoms with Gasteiger partial charge < -0.3 is 10.3 Å². The third-order valence-electron chi connectivity index (χ3n) is 3.88. The van der Waals surface area contributed by atoms with Crippen LogP contribution in [-0.4, -0.2) is 14.3 Å². The van der Waals surface area contributed by atoms with Crippen molar-refractivity contribution in [3.8, 4) is 0 Å². The summed E-state index contributed by atoms with van der Waals surface area (Å²) < 4.78 is 3.97. The standard InChI is InChI=1S/C14H19ClN4/c1-9-13(15)12(18(2)17-9)8-19-6-5-11(7-19)14(16)10-3-4-10/h5-7,10,14H,3-4,8,16H2,1-2H3. The van der Waals surface area contributed by atoms with Crippen LogP contribution in [0.1, 0.15) is 35.8 Å². The number of hydrogen-bond donors (Lipinski definition) is 1. The molecule has 0 spiro atoms. The van der Waals surface area contributed by atoms with Gasteiger partial charge in [0.05, 0.1) is 23.0 Å². The van der Waals surface area contributed by atoms with Gasteiger partial charge in [-0.1, -0.05) is 11.6 Å². The molecule has 1 fully saturated rings. The molecular formula is C14H19ClN4. The third-order valence-corrected chi connectivity index (χ3v) is 4.37. The van der Waals surface area contributed by atoms with Crippen LogP contribution < -0.4 is 5.73 Å². The molecule has 0 amide bonds. The molecule has 1 saturated carbocycles. The molecule has 2 N–H and O–H groups in total. The fraction of sp³-hybridized carbons (Fsp3) is 0.500. The molecule has 0 bridgehead atoms. The summed E-state index contributed by atoms with van der Waals surface area (Å²) in [7, 11) is 1.93. The summed E-state index contributed by atoms with van der Waals surface area (Å²) in [6.07, 6.45) is 6.72. The zero-order chi connectivity index (χ0) is 13.6. The molecular weight excluding hydrogens is 260 g/mol. The average Bonchev–Trinajstić information content (AvgIpc) is 3.08. The zero-order valence-corrected chi connectivity index (χ0v) is 12.1. The van der Waals surface area contributed by atoms with E-state index in [1.54, 1.807) is 0 Å². The minimum absolute atomic E-state index is 0.185. The molecule has 0 saturated heterocycles. The number of aromatic nitrogens is 3. The van der Waals surface area contributed by atoms with E-state index >= 15 is 0 Å². The van der Waals surface area contributed by atoms with Crippen LogP contribution in [0.5, 0.6) is 0 Å². The van der Waals surface area contributed by atoms with Crippen LogP contribution in [0, 0.1) is 12.8 Å². The molecule has 2 aromatic heterocycles. The summed E-state index contributed by atoms with van der Waals surface area (Å²) in [6.45, 7) is 2.66. The van der Waals surface area contributed by atoms with E-state index < -0.39 is 0 Å². The SMILES string of the molecule is Cc1nn(C)c(Cn2ccc(C(N)C3CC3)c2)c1Cl. The van der Waals surface area contributed by atoms with E-state index in [9.17, 15) is 0 Å². The van der Waals surface area contributed by atoms with Gasteiger partial charge in [0.25, 0.3) is 0 Å². The Bertz CT molecular complexity index is 595. The minimum Gasteiger partial charge on any atom is -0.348 e. The highest BCUT2D eigenvalue weighted by atomic mass is 35.5. The predicted molar refractivity (Wildman–Crippen MR) is 76.1 cm³/mol.